The molecular weight excluding hydrogens is 363 g/mol. The Balaban J connectivity index is 1.90. The van der Waals surface area contributed by atoms with Gasteiger partial charge in [-0.1, -0.05) is 62.7 Å². The first-order valence-corrected chi connectivity index (χ1v) is 8.99. The fraction of sp³-hybridized carbons (Fsp3) is 0.286. The zero-order valence-electron chi connectivity index (χ0n) is 15.8. The number of esters is 1. The van der Waals surface area contributed by atoms with Crippen LogP contribution in [0.5, 0.6) is 0 Å². The normalized spacial score (nSPS) is 12.5. The number of carbonyl (C=O) groups is 3. The van der Waals surface area contributed by atoms with Gasteiger partial charge in [-0.25, -0.2) is 9.18 Å². The lowest BCUT2D eigenvalue weighted by Gasteiger charge is -2.21. The highest BCUT2D eigenvalue weighted by atomic mass is 19.1. The van der Waals surface area contributed by atoms with Gasteiger partial charge in [-0.15, -0.1) is 0 Å². The quantitative estimate of drug-likeness (QED) is 0.708. The first-order chi connectivity index (χ1) is 13.4. The average Bonchev–Trinajstić information content (AvgIpc) is 2.69. The van der Waals surface area contributed by atoms with Crippen molar-refractivity contribution in [2.24, 2.45) is 5.92 Å². The number of hydrogen-bond donors (Lipinski definition) is 2. The highest BCUT2D eigenvalue weighted by Crippen LogP contribution is 2.28. The molecule has 3 amide bonds. The summed E-state index contributed by atoms with van der Waals surface area (Å²) in [6.45, 7) is 3.29. The second kappa shape index (κ2) is 10.2. The van der Waals surface area contributed by atoms with Gasteiger partial charge < -0.3 is 10.1 Å². The second-order valence-corrected chi connectivity index (χ2v) is 6.36. The summed E-state index contributed by atoms with van der Waals surface area (Å²) in [6, 6.07) is 13.8. The summed E-state index contributed by atoms with van der Waals surface area (Å²) >= 11 is 0. The highest BCUT2D eigenvalue weighted by Gasteiger charge is 2.28. The first-order valence-electron chi connectivity index (χ1n) is 8.99. The summed E-state index contributed by atoms with van der Waals surface area (Å²) in [6.07, 6.45) is 0.756. The van der Waals surface area contributed by atoms with E-state index in [1.165, 1.54) is 18.2 Å². The Morgan fingerprint density at radius 2 is 1.68 bits per heavy atom. The van der Waals surface area contributed by atoms with E-state index in [-0.39, 0.29) is 11.6 Å². The van der Waals surface area contributed by atoms with Crippen molar-refractivity contribution in [3.8, 4) is 0 Å². The van der Waals surface area contributed by atoms with E-state index in [2.05, 4.69) is 5.32 Å². The smallest absolute Gasteiger partial charge is 0.326 e. The molecule has 0 aliphatic rings. The molecule has 0 aliphatic heterocycles. The van der Waals surface area contributed by atoms with Crippen LogP contribution >= 0.6 is 0 Å². The molecule has 2 aromatic rings. The van der Waals surface area contributed by atoms with Crippen LogP contribution in [0.4, 0.5) is 14.9 Å². The summed E-state index contributed by atoms with van der Waals surface area (Å²) in [7, 11) is 0. The molecule has 0 aliphatic carbocycles. The number of ether oxygens (including phenoxy) is 1. The van der Waals surface area contributed by atoms with Crippen molar-refractivity contribution < 1.29 is 23.5 Å². The van der Waals surface area contributed by atoms with E-state index in [0.29, 0.717) is 0 Å². The lowest BCUT2D eigenvalue weighted by molar-refractivity contribution is -0.151. The number of nitrogens with one attached hydrogen (secondary N) is 2. The number of imide groups is 1. The van der Waals surface area contributed by atoms with Crippen LogP contribution in [0.25, 0.3) is 0 Å². The number of rotatable bonds is 7. The predicted octanol–water partition coefficient (Wildman–Crippen LogP) is 3.85. The molecule has 0 spiro atoms. The molecule has 2 aromatic carbocycles. The summed E-state index contributed by atoms with van der Waals surface area (Å²) < 4.78 is 18.6. The van der Waals surface area contributed by atoms with Crippen molar-refractivity contribution in [1.29, 1.82) is 0 Å². The third-order valence-electron chi connectivity index (χ3n) is 4.35. The Morgan fingerprint density at radius 1 is 1.04 bits per heavy atom. The molecule has 0 fully saturated rings. The topological polar surface area (TPSA) is 84.5 Å². The van der Waals surface area contributed by atoms with Crippen molar-refractivity contribution in [2.75, 3.05) is 11.9 Å². The summed E-state index contributed by atoms with van der Waals surface area (Å²) in [5.74, 6) is -2.47. The van der Waals surface area contributed by atoms with E-state index < -0.39 is 36.2 Å². The number of amides is 3. The van der Waals surface area contributed by atoms with Gasteiger partial charge in [-0.2, -0.15) is 0 Å². The number of carbonyl (C=O) groups excluding carboxylic acids is 3. The van der Waals surface area contributed by atoms with Crippen molar-refractivity contribution in [3.05, 3.63) is 66.0 Å². The Morgan fingerprint density at radius 3 is 2.32 bits per heavy atom. The van der Waals surface area contributed by atoms with Crippen molar-refractivity contribution in [3.63, 3.8) is 0 Å². The fourth-order valence-corrected chi connectivity index (χ4v) is 2.70. The molecule has 0 aromatic heterocycles. The maximum Gasteiger partial charge on any atom is 0.326 e. The van der Waals surface area contributed by atoms with E-state index in [4.69, 9.17) is 4.74 Å². The highest BCUT2D eigenvalue weighted by molar-refractivity contribution is 6.02. The zero-order chi connectivity index (χ0) is 20.5. The van der Waals surface area contributed by atoms with Gasteiger partial charge in [0.25, 0.3) is 5.91 Å². The molecule has 7 heteroatoms. The van der Waals surface area contributed by atoms with Crippen LogP contribution in [0.15, 0.2) is 54.6 Å². The number of anilines is 1. The van der Waals surface area contributed by atoms with Gasteiger partial charge in [0.15, 0.2) is 6.61 Å². The largest absolute Gasteiger partial charge is 0.455 e. The van der Waals surface area contributed by atoms with Gasteiger partial charge in [0, 0.05) is 0 Å². The maximum absolute atomic E-state index is 13.5. The monoisotopic (exact) mass is 386 g/mol. The van der Waals surface area contributed by atoms with Crippen LogP contribution in [-0.4, -0.2) is 24.5 Å². The van der Waals surface area contributed by atoms with Crippen molar-refractivity contribution in [2.45, 2.75) is 26.2 Å². The van der Waals surface area contributed by atoms with Crippen LogP contribution in [-0.2, 0) is 14.3 Å². The van der Waals surface area contributed by atoms with Gasteiger partial charge in [0.2, 0.25) is 0 Å². The molecule has 0 bridgehead atoms. The van der Waals surface area contributed by atoms with Crippen molar-refractivity contribution >= 4 is 23.6 Å². The van der Waals surface area contributed by atoms with Crippen LogP contribution < -0.4 is 10.6 Å². The summed E-state index contributed by atoms with van der Waals surface area (Å²) in [5, 5.41) is 4.22. The molecule has 0 heterocycles. The van der Waals surface area contributed by atoms with Crippen molar-refractivity contribution in [1.82, 2.24) is 5.32 Å². The van der Waals surface area contributed by atoms with Crippen LogP contribution in [0.2, 0.25) is 0 Å². The van der Waals surface area contributed by atoms with Gasteiger partial charge in [-0.05, 0) is 23.6 Å². The predicted molar refractivity (Wildman–Crippen MR) is 103 cm³/mol. The number of hydrogen-bond acceptors (Lipinski definition) is 4. The van der Waals surface area contributed by atoms with Crippen LogP contribution in [0, 0.1) is 11.7 Å². The van der Waals surface area contributed by atoms with E-state index in [0.717, 1.165) is 12.0 Å². The van der Waals surface area contributed by atoms with Crippen LogP contribution in [0.1, 0.15) is 31.7 Å². The van der Waals surface area contributed by atoms with Crippen LogP contribution in [0.3, 0.4) is 0 Å². The second-order valence-electron chi connectivity index (χ2n) is 6.36. The van der Waals surface area contributed by atoms with Gasteiger partial charge >= 0.3 is 12.0 Å². The lowest BCUT2D eigenvalue weighted by Crippen LogP contribution is -2.38. The molecule has 2 N–H and O–H groups in total. The summed E-state index contributed by atoms with van der Waals surface area (Å²) in [5.41, 5.74) is 0.741. The molecule has 2 unspecified atom stereocenters. The molecule has 148 valence electrons. The molecule has 28 heavy (non-hydrogen) atoms. The molecule has 0 saturated carbocycles. The zero-order valence-corrected chi connectivity index (χ0v) is 15.8. The Kier molecular flexibility index (Phi) is 7.68. The third kappa shape index (κ3) is 5.90. The fourth-order valence-electron chi connectivity index (χ4n) is 2.70. The standard InChI is InChI=1S/C21H23FN2O4/c1-3-14(2)19(15-9-5-4-6-10-15)20(26)28-13-18(25)24-21(27)23-17-12-8-7-11-16(17)22/h4-12,14,19H,3,13H2,1-2H3,(H2,23,24,25,27). The lowest BCUT2D eigenvalue weighted by atomic mass is 9.86. The third-order valence-corrected chi connectivity index (χ3v) is 4.35. The Bertz CT molecular complexity index is 826. The molecule has 2 atom stereocenters. The number of benzene rings is 2. The SMILES string of the molecule is CCC(C)C(C(=O)OCC(=O)NC(=O)Nc1ccccc1F)c1ccccc1. The van der Waals surface area contributed by atoms with E-state index in [1.54, 1.807) is 6.07 Å². The van der Waals surface area contributed by atoms with Gasteiger partial charge in [0.1, 0.15) is 5.82 Å². The first kappa shape index (κ1) is 21.1. The van der Waals surface area contributed by atoms with E-state index in [9.17, 15) is 18.8 Å². The van der Waals surface area contributed by atoms with E-state index >= 15 is 0 Å². The van der Waals surface area contributed by atoms with E-state index in [1.807, 2.05) is 49.5 Å². The number of para-hydroxylation sites is 1. The minimum absolute atomic E-state index is 0.0160. The van der Waals surface area contributed by atoms with Gasteiger partial charge in [0.05, 0.1) is 11.6 Å². The average molecular weight is 386 g/mol. The summed E-state index contributed by atoms with van der Waals surface area (Å²) in [4.78, 5) is 36.2. The maximum atomic E-state index is 13.5. The molecule has 6 nitrogen and oxygen atoms in total. The van der Waals surface area contributed by atoms with Gasteiger partial charge in [-0.3, -0.25) is 14.9 Å². The molecular formula is C21H23FN2O4. The Hall–Kier alpha value is -3.22. The molecule has 2 rings (SSSR count). The number of halogens is 1. The molecule has 0 saturated heterocycles. The minimum Gasteiger partial charge on any atom is -0.455 e. The number of urea groups is 1. The Labute approximate surface area is 163 Å². The minimum atomic E-state index is -0.910. The molecule has 0 radical (unpaired) electrons.